The summed E-state index contributed by atoms with van der Waals surface area (Å²) in [5.41, 5.74) is 0.696. The van der Waals surface area contributed by atoms with Crippen LogP contribution in [0, 0.1) is 0 Å². The molecule has 2 rings (SSSR count). The molecule has 0 radical (unpaired) electrons. The molecule has 1 saturated heterocycles. The van der Waals surface area contributed by atoms with Gasteiger partial charge in [-0.3, -0.25) is 19.4 Å². The monoisotopic (exact) mass is 375 g/mol. The lowest BCUT2D eigenvalue weighted by Gasteiger charge is -2.26. The Kier molecular flexibility index (Phi) is 7.22. The smallest absolute Gasteiger partial charge is 0.265 e. The molecule has 27 heavy (non-hydrogen) atoms. The average Bonchev–Trinajstić information content (AvgIpc) is 3.19. The number of nitrogens with one attached hydrogen (secondary N) is 1. The van der Waals surface area contributed by atoms with Gasteiger partial charge in [0.05, 0.1) is 14.2 Å². The fourth-order valence-corrected chi connectivity index (χ4v) is 2.79. The van der Waals surface area contributed by atoms with Crippen molar-refractivity contribution in [3.8, 4) is 11.5 Å². The van der Waals surface area contributed by atoms with Gasteiger partial charge in [0.25, 0.3) is 5.91 Å². The molecule has 1 aromatic rings. The SMILES string of the molecule is CNC(=O)CCC(=O)N1CCCN1C(=O)/C=C/c1cc(OC)ccc1OC. The lowest BCUT2D eigenvalue weighted by atomic mass is 10.1. The molecule has 1 N–H and O–H groups in total. The summed E-state index contributed by atoms with van der Waals surface area (Å²) in [7, 11) is 4.64. The Bertz CT molecular complexity index is 732. The van der Waals surface area contributed by atoms with E-state index in [1.54, 1.807) is 38.5 Å². The summed E-state index contributed by atoms with van der Waals surface area (Å²) in [6, 6.07) is 5.29. The first-order chi connectivity index (χ1) is 13.0. The predicted octanol–water partition coefficient (Wildman–Crippen LogP) is 1.22. The zero-order chi connectivity index (χ0) is 19.8. The molecule has 1 aliphatic rings. The van der Waals surface area contributed by atoms with Crippen molar-refractivity contribution >= 4 is 23.8 Å². The minimum atomic E-state index is -0.300. The number of hydrogen-bond donors (Lipinski definition) is 1. The minimum absolute atomic E-state index is 0.0663. The summed E-state index contributed by atoms with van der Waals surface area (Å²) in [5.74, 6) is 0.516. The number of benzene rings is 1. The number of hydrogen-bond acceptors (Lipinski definition) is 5. The van der Waals surface area contributed by atoms with Gasteiger partial charge in [-0.2, -0.15) is 0 Å². The normalized spacial score (nSPS) is 13.7. The van der Waals surface area contributed by atoms with Gasteiger partial charge in [0.15, 0.2) is 0 Å². The van der Waals surface area contributed by atoms with E-state index in [1.165, 1.54) is 23.1 Å². The first-order valence-corrected chi connectivity index (χ1v) is 8.72. The van der Waals surface area contributed by atoms with Gasteiger partial charge in [-0.05, 0) is 30.7 Å². The molecule has 0 saturated carbocycles. The van der Waals surface area contributed by atoms with Crippen LogP contribution in [-0.2, 0) is 14.4 Å². The second-order valence-electron chi connectivity index (χ2n) is 5.95. The largest absolute Gasteiger partial charge is 0.497 e. The van der Waals surface area contributed by atoms with E-state index in [9.17, 15) is 14.4 Å². The van der Waals surface area contributed by atoms with Crippen molar-refractivity contribution in [2.24, 2.45) is 0 Å². The third-order valence-corrected chi connectivity index (χ3v) is 4.26. The number of hydrazine groups is 1. The van der Waals surface area contributed by atoms with Gasteiger partial charge in [-0.25, -0.2) is 5.01 Å². The van der Waals surface area contributed by atoms with Crippen molar-refractivity contribution in [1.29, 1.82) is 0 Å². The zero-order valence-corrected chi connectivity index (χ0v) is 15.9. The maximum absolute atomic E-state index is 12.6. The van der Waals surface area contributed by atoms with Crippen LogP contribution in [0.25, 0.3) is 6.08 Å². The molecule has 0 unspecified atom stereocenters. The number of ether oxygens (including phenoxy) is 2. The molecule has 8 nitrogen and oxygen atoms in total. The average molecular weight is 375 g/mol. The van der Waals surface area contributed by atoms with E-state index in [-0.39, 0.29) is 30.6 Å². The summed E-state index contributed by atoms with van der Waals surface area (Å²) in [5, 5.41) is 5.31. The molecule has 0 aromatic heterocycles. The third kappa shape index (κ3) is 5.22. The Morgan fingerprint density at radius 3 is 2.52 bits per heavy atom. The van der Waals surface area contributed by atoms with Crippen LogP contribution in [0.4, 0.5) is 0 Å². The van der Waals surface area contributed by atoms with Gasteiger partial charge in [0.1, 0.15) is 11.5 Å². The molecule has 1 heterocycles. The fourth-order valence-electron chi connectivity index (χ4n) is 2.79. The van der Waals surface area contributed by atoms with E-state index in [0.717, 1.165) is 0 Å². The Hall–Kier alpha value is -3.03. The van der Waals surface area contributed by atoms with Crippen LogP contribution >= 0.6 is 0 Å². The van der Waals surface area contributed by atoms with E-state index >= 15 is 0 Å². The first kappa shape index (κ1) is 20.3. The molecule has 1 fully saturated rings. The highest BCUT2D eigenvalue weighted by molar-refractivity contribution is 5.94. The number of carbonyl (C=O) groups excluding carboxylic acids is 3. The molecular weight excluding hydrogens is 350 g/mol. The number of amides is 3. The summed E-state index contributed by atoms with van der Waals surface area (Å²) in [6.45, 7) is 0.929. The third-order valence-electron chi connectivity index (χ3n) is 4.26. The molecular formula is C19H25N3O5. The van der Waals surface area contributed by atoms with Crippen LogP contribution in [0.2, 0.25) is 0 Å². The molecule has 0 bridgehead atoms. The van der Waals surface area contributed by atoms with E-state index in [2.05, 4.69) is 5.32 Å². The van der Waals surface area contributed by atoms with Crippen LogP contribution < -0.4 is 14.8 Å². The van der Waals surface area contributed by atoms with Gasteiger partial charge >= 0.3 is 0 Å². The van der Waals surface area contributed by atoms with Crippen molar-refractivity contribution in [2.75, 3.05) is 34.4 Å². The number of rotatable bonds is 7. The summed E-state index contributed by atoms with van der Waals surface area (Å²) < 4.78 is 10.5. The Balaban J connectivity index is 2.07. The Morgan fingerprint density at radius 2 is 1.85 bits per heavy atom. The van der Waals surface area contributed by atoms with Crippen molar-refractivity contribution < 1.29 is 23.9 Å². The van der Waals surface area contributed by atoms with Gasteiger partial charge in [-0.1, -0.05) is 0 Å². The van der Waals surface area contributed by atoms with Crippen molar-refractivity contribution in [3.05, 3.63) is 29.8 Å². The Labute approximate surface area is 158 Å². The lowest BCUT2D eigenvalue weighted by Crippen LogP contribution is -2.44. The second kappa shape index (κ2) is 9.61. The molecule has 0 spiro atoms. The Morgan fingerprint density at radius 1 is 1.11 bits per heavy atom. The maximum Gasteiger partial charge on any atom is 0.265 e. The molecule has 0 aliphatic carbocycles. The zero-order valence-electron chi connectivity index (χ0n) is 15.9. The van der Waals surface area contributed by atoms with Crippen LogP contribution in [0.5, 0.6) is 11.5 Å². The van der Waals surface area contributed by atoms with E-state index in [1.807, 2.05) is 0 Å². The van der Waals surface area contributed by atoms with Gasteiger partial charge in [0.2, 0.25) is 11.8 Å². The maximum atomic E-state index is 12.6. The second-order valence-corrected chi connectivity index (χ2v) is 5.95. The summed E-state index contributed by atoms with van der Waals surface area (Å²) >= 11 is 0. The standard InChI is InChI=1S/C19H25N3O5/c1-20-17(23)8-10-19(25)22-12-4-11-21(22)18(24)9-5-14-13-15(26-2)6-7-16(14)27-3/h5-7,9,13H,4,8,10-12H2,1-3H3,(H,20,23)/b9-5+. The van der Waals surface area contributed by atoms with Crippen molar-refractivity contribution in [2.45, 2.75) is 19.3 Å². The van der Waals surface area contributed by atoms with E-state index in [0.29, 0.717) is 36.6 Å². The topological polar surface area (TPSA) is 88.2 Å². The van der Waals surface area contributed by atoms with Gasteiger partial charge in [-0.15, -0.1) is 0 Å². The van der Waals surface area contributed by atoms with Gasteiger partial charge < -0.3 is 14.8 Å². The lowest BCUT2D eigenvalue weighted by molar-refractivity contribution is -0.155. The number of carbonyl (C=O) groups is 3. The number of nitrogens with zero attached hydrogens (tertiary/aromatic N) is 2. The highest BCUT2D eigenvalue weighted by Crippen LogP contribution is 2.25. The number of methoxy groups -OCH3 is 2. The quantitative estimate of drug-likeness (QED) is 0.724. The molecule has 0 atom stereocenters. The van der Waals surface area contributed by atoms with E-state index < -0.39 is 0 Å². The predicted molar refractivity (Wildman–Crippen MR) is 99.9 cm³/mol. The molecule has 1 aromatic carbocycles. The van der Waals surface area contributed by atoms with Crippen LogP contribution in [0.3, 0.4) is 0 Å². The highest BCUT2D eigenvalue weighted by Gasteiger charge is 2.29. The van der Waals surface area contributed by atoms with Crippen LogP contribution in [-0.4, -0.2) is 62.1 Å². The first-order valence-electron chi connectivity index (χ1n) is 8.72. The highest BCUT2D eigenvalue weighted by atomic mass is 16.5. The molecule has 8 heteroatoms. The minimum Gasteiger partial charge on any atom is -0.497 e. The summed E-state index contributed by atoms with van der Waals surface area (Å²) in [6.07, 6.45) is 3.91. The molecule has 3 amide bonds. The van der Waals surface area contributed by atoms with Gasteiger partial charge in [0, 0.05) is 44.6 Å². The molecule has 1 aliphatic heterocycles. The molecule has 146 valence electrons. The van der Waals surface area contributed by atoms with Crippen molar-refractivity contribution in [1.82, 2.24) is 15.3 Å². The summed E-state index contributed by atoms with van der Waals surface area (Å²) in [4.78, 5) is 36.2. The van der Waals surface area contributed by atoms with E-state index in [4.69, 9.17) is 9.47 Å². The fraction of sp³-hybridized carbons (Fsp3) is 0.421. The van der Waals surface area contributed by atoms with Crippen LogP contribution in [0.1, 0.15) is 24.8 Å². The van der Waals surface area contributed by atoms with Crippen LogP contribution in [0.15, 0.2) is 24.3 Å². The van der Waals surface area contributed by atoms with Crippen molar-refractivity contribution in [3.63, 3.8) is 0 Å².